The standard InChI is InChI=1S/C17H17N7O/c1-11(13-5-3-12(7-18)4-6-13)23-14(25)8-24(2)17-15-16(20-9-19-15)21-10-22-17/h3-6,9-11H,8H2,1-2H3,(H,23,25)(H,19,20,21,22). The number of H-pyrrole nitrogens is 1. The number of carbonyl (C=O) groups excluding carboxylic acids is 1. The third-order valence-electron chi connectivity index (χ3n) is 3.86. The zero-order valence-electron chi connectivity index (χ0n) is 13.9. The first-order valence-corrected chi connectivity index (χ1v) is 7.73. The molecular weight excluding hydrogens is 318 g/mol. The summed E-state index contributed by atoms with van der Waals surface area (Å²) in [5.74, 6) is 0.481. The van der Waals surface area contributed by atoms with Gasteiger partial charge in [-0.15, -0.1) is 0 Å². The molecule has 2 N–H and O–H groups in total. The highest BCUT2D eigenvalue weighted by Crippen LogP contribution is 2.18. The molecular formula is C17H17N7O. The van der Waals surface area contributed by atoms with Gasteiger partial charge < -0.3 is 15.2 Å². The monoisotopic (exact) mass is 335 g/mol. The van der Waals surface area contributed by atoms with Crippen LogP contribution in [0.4, 0.5) is 5.82 Å². The van der Waals surface area contributed by atoms with E-state index in [0.29, 0.717) is 22.5 Å². The van der Waals surface area contributed by atoms with Gasteiger partial charge >= 0.3 is 0 Å². The Balaban J connectivity index is 1.65. The second-order valence-electron chi connectivity index (χ2n) is 5.68. The highest BCUT2D eigenvalue weighted by atomic mass is 16.2. The third-order valence-corrected chi connectivity index (χ3v) is 3.86. The number of fused-ring (bicyclic) bond motifs is 1. The Hall–Kier alpha value is -3.47. The number of benzene rings is 1. The van der Waals surface area contributed by atoms with E-state index in [0.717, 1.165) is 5.56 Å². The van der Waals surface area contributed by atoms with E-state index in [1.54, 1.807) is 30.4 Å². The number of rotatable bonds is 5. The number of imidazole rings is 1. The van der Waals surface area contributed by atoms with E-state index < -0.39 is 0 Å². The van der Waals surface area contributed by atoms with Crippen LogP contribution in [0.15, 0.2) is 36.9 Å². The summed E-state index contributed by atoms with van der Waals surface area (Å²) in [4.78, 5) is 29.4. The second kappa shape index (κ2) is 6.97. The van der Waals surface area contributed by atoms with Crippen LogP contribution in [0.1, 0.15) is 24.1 Å². The summed E-state index contributed by atoms with van der Waals surface area (Å²) in [6.45, 7) is 2.04. The Bertz CT molecular complexity index is 926. The predicted octanol–water partition coefficient (Wildman–Crippen LogP) is 1.54. The summed E-state index contributed by atoms with van der Waals surface area (Å²) in [5.41, 5.74) is 2.78. The van der Waals surface area contributed by atoms with Gasteiger partial charge in [0.05, 0.1) is 30.5 Å². The van der Waals surface area contributed by atoms with Crippen molar-refractivity contribution in [1.82, 2.24) is 25.3 Å². The Kier molecular flexibility index (Phi) is 4.57. The zero-order valence-corrected chi connectivity index (χ0v) is 13.9. The minimum Gasteiger partial charge on any atom is -0.348 e. The van der Waals surface area contributed by atoms with Gasteiger partial charge in [0.15, 0.2) is 11.5 Å². The van der Waals surface area contributed by atoms with Gasteiger partial charge in [0.25, 0.3) is 0 Å². The highest BCUT2D eigenvalue weighted by Gasteiger charge is 2.15. The Morgan fingerprint density at radius 1 is 1.32 bits per heavy atom. The number of hydrogen-bond donors (Lipinski definition) is 2. The SMILES string of the molecule is CC(NC(=O)CN(C)c1ncnc2nc[nH]c12)c1ccc(C#N)cc1. The first-order chi connectivity index (χ1) is 12.1. The van der Waals surface area contributed by atoms with Crippen molar-refractivity contribution < 1.29 is 4.79 Å². The molecule has 1 atom stereocenters. The molecule has 1 aromatic carbocycles. The van der Waals surface area contributed by atoms with Crippen LogP contribution in [0.3, 0.4) is 0 Å². The molecule has 0 aliphatic rings. The number of nitriles is 1. The second-order valence-corrected chi connectivity index (χ2v) is 5.68. The summed E-state index contributed by atoms with van der Waals surface area (Å²) >= 11 is 0. The van der Waals surface area contributed by atoms with Gasteiger partial charge in [-0.05, 0) is 24.6 Å². The van der Waals surface area contributed by atoms with Gasteiger partial charge in [0.2, 0.25) is 5.91 Å². The lowest BCUT2D eigenvalue weighted by Gasteiger charge is -2.20. The summed E-state index contributed by atoms with van der Waals surface area (Å²) in [6, 6.07) is 9.07. The first kappa shape index (κ1) is 16.4. The van der Waals surface area contributed by atoms with Crippen molar-refractivity contribution in [3.05, 3.63) is 48.0 Å². The average molecular weight is 335 g/mol. The van der Waals surface area contributed by atoms with E-state index in [9.17, 15) is 4.79 Å². The average Bonchev–Trinajstić information content (AvgIpc) is 3.10. The normalized spacial score (nSPS) is 11.7. The molecule has 1 amide bonds. The molecule has 3 aromatic rings. The molecule has 0 saturated carbocycles. The molecule has 0 bridgehead atoms. The summed E-state index contributed by atoms with van der Waals surface area (Å²) in [5, 5.41) is 11.8. The van der Waals surface area contributed by atoms with Crippen molar-refractivity contribution in [1.29, 1.82) is 5.26 Å². The van der Waals surface area contributed by atoms with Crippen LogP contribution in [-0.2, 0) is 4.79 Å². The van der Waals surface area contributed by atoms with Gasteiger partial charge in [-0.3, -0.25) is 4.79 Å². The highest BCUT2D eigenvalue weighted by molar-refractivity contribution is 5.87. The summed E-state index contributed by atoms with van der Waals surface area (Å²) < 4.78 is 0. The van der Waals surface area contributed by atoms with Gasteiger partial charge in [-0.1, -0.05) is 12.1 Å². The number of aromatic nitrogens is 4. The van der Waals surface area contributed by atoms with Crippen molar-refractivity contribution in [3.63, 3.8) is 0 Å². The molecule has 0 radical (unpaired) electrons. The maximum atomic E-state index is 12.3. The minimum atomic E-state index is -0.161. The van der Waals surface area contributed by atoms with Crippen molar-refractivity contribution >= 4 is 22.9 Å². The largest absolute Gasteiger partial charge is 0.348 e. The van der Waals surface area contributed by atoms with Crippen LogP contribution in [0.5, 0.6) is 0 Å². The van der Waals surface area contributed by atoms with Crippen LogP contribution < -0.4 is 10.2 Å². The van der Waals surface area contributed by atoms with Crippen molar-refractivity contribution in [3.8, 4) is 6.07 Å². The maximum absolute atomic E-state index is 12.3. The quantitative estimate of drug-likeness (QED) is 0.732. The fourth-order valence-corrected chi connectivity index (χ4v) is 2.55. The Morgan fingerprint density at radius 3 is 2.80 bits per heavy atom. The molecule has 0 saturated heterocycles. The van der Waals surface area contributed by atoms with Crippen molar-refractivity contribution in [2.24, 2.45) is 0 Å². The molecule has 126 valence electrons. The van der Waals surface area contributed by atoms with Crippen LogP contribution in [0, 0.1) is 11.3 Å². The number of carbonyl (C=O) groups is 1. The van der Waals surface area contributed by atoms with Crippen molar-refractivity contribution in [2.75, 3.05) is 18.5 Å². The number of aromatic amines is 1. The van der Waals surface area contributed by atoms with E-state index in [1.165, 1.54) is 6.33 Å². The fraction of sp³-hybridized carbons (Fsp3) is 0.235. The number of anilines is 1. The van der Waals surface area contributed by atoms with Gasteiger partial charge in [0, 0.05) is 7.05 Å². The lowest BCUT2D eigenvalue weighted by atomic mass is 10.1. The molecule has 1 unspecified atom stereocenters. The van der Waals surface area contributed by atoms with E-state index >= 15 is 0 Å². The Labute approximate surface area is 144 Å². The summed E-state index contributed by atoms with van der Waals surface area (Å²) in [7, 11) is 1.79. The minimum absolute atomic E-state index is 0.134. The molecule has 8 heteroatoms. The third kappa shape index (κ3) is 3.55. The first-order valence-electron chi connectivity index (χ1n) is 7.73. The number of amides is 1. The topological polar surface area (TPSA) is 111 Å². The number of likely N-dealkylation sites (N-methyl/N-ethyl adjacent to an activating group) is 1. The van der Waals surface area contributed by atoms with Crippen LogP contribution in [0.2, 0.25) is 0 Å². The van der Waals surface area contributed by atoms with Crippen LogP contribution >= 0.6 is 0 Å². The lowest BCUT2D eigenvalue weighted by Crippen LogP contribution is -2.37. The van der Waals surface area contributed by atoms with Crippen LogP contribution in [0.25, 0.3) is 11.2 Å². The van der Waals surface area contributed by atoms with Gasteiger partial charge in [0.1, 0.15) is 11.8 Å². The Morgan fingerprint density at radius 2 is 2.08 bits per heavy atom. The fourth-order valence-electron chi connectivity index (χ4n) is 2.55. The maximum Gasteiger partial charge on any atom is 0.240 e. The number of hydrogen-bond acceptors (Lipinski definition) is 6. The molecule has 3 rings (SSSR count). The summed E-state index contributed by atoms with van der Waals surface area (Å²) in [6.07, 6.45) is 2.97. The molecule has 25 heavy (non-hydrogen) atoms. The lowest BCUT2D eigenvalue weighted by molar-refractivity contribution is -0.120. The molecule has 2 aromatic heterocycles. The molecule has 0 aliphatic heterocycles. The van der Waals surface area contributed by atoms with Gasteiger partial charge in [-0.25, -0.2) is 15.0 Å². The predicted molar refractivity (Wildman–Crippen MR) is 92.7 cm³/mol. The van der Waals surface area contributed by atoms with E-state index in [-0.39, 0.29) is 18.5 Å². The van der Waals surface area contributed by atoms with E-state index in [1.807, 2.05) is 19.1 Å². The number of nitrogens with one attached hydrogen (secondary N) is 2. The van der Waals surface area contributed by atoms with Crippen LogP contribution in [-0.4, -0.2) is 39.4 Å². The molecule has 2 heterocycles. The molecule has 0 aliphatic carbocycles. The molecule has 0 fully saturated rings. The smallest absolute Gasteiger partial charge is 0.240 e. The van der Waals surface area contributed by atoms with Crippen molar-refractivity contribution in [2.45, 2.75) is 13.0 Å². The van der Waals surface area contributed by atoms with Gasteiger partial charge in [-0.2, -0.15) is 5.26 Å². The number of nitrogens with zero attached hydrogens (tertiary/aromatic N) is 5. The van der Waals surface area contributed by atoms with E-state index in [2.05, 4.69) is 31.3 Å². The van der Waals surface area contributed by atoms with E-state index in [4.69, 9.17) is 5.26 Å². The molecule has 8 nitrogen and oxygen atoms in total. The molecule has 0 spiro atoms. The zero-order chi connectivity index (χ0) is 17.8.